The first-order valence-corrected chi connectivity index (χ1v) is 5.83. The molecule has 0 radical (unpaired) electrons. The fourth-order valence-electron chi connectivity index (χ4n) is 2.62. The molecule has 1 atom stereocenters. The lowest BCUT2D eigenvalue weighted by Crippen LogP contribution is -2.35. The molecular weight excluding hydrogens is 188 g/mol. The van der Waals surface area contributed by atoms with E-state index >= 15 is 0 Å². The summed E-state index contributed by atoms with van der Waals surface area (Å²) in [7, 11) is 0. The number of carbonyl (C=O) groups is 1. The van der Waals surface area contributed by atoms with Crippen LogP contribution < -0.4 is 0 Å². The Bertz CT molecular complexity index is 247. The number of hydrogen-bond donors (Lipinski definition) is 0. The van der Waals surface area contributed by atoms with Gasteiger partial charge in [0.15, 0.2) is 0 Å². The predicted molar refractivity (Wildman–Crippen MR) is 61.8 cm³/mol. The minimum atomic E-state index is -0.233. The topological polar surface area (TPSA) is 29.6 Å². The number of rotatable bonds is 5. The van der Waals surface area contributed by atoms with Crippen molar-refractivity contribution in [1.82, 2.24) is 0 Å². The first-order chi connectivity index (χ1) is 6.67. The molecule has 0 aromatic heterocycles. The zero-order chi connectivity index (χ0) is 11.9. The third kappa shape index (κ3) is 3.04. The molecule has 1 aliphatic heterocycles. The SMILES string of the molecule is CC(C)C(=O)C(C)(C)CC(C)(C)C1CO1. The van der Waals surface area contributed by atoms with Crippen molar-refractivity contribution in [2.75, 3.05) is 6.61 Å². The lowest BCUT2D eigenvalue weighted by Gasteiger charge is -2.34. The molecule has 0 aliphatic carbocycles. The molecule has 1 saturated heterocycles. The van der Waals surface area contributed by atoms with E-state index in [9.17, 15) is 4.79 Å². The van der Waals surface area contributed by atoms with Crippen LogP contribution in [0.3, 0.4) is 0 Å². The van der Waals surface area contributed by atoms with E-state index in [2.05, 4.69) is 27.7 Å². The van der Waals surface area contributed by atoms with Gasteiger partial charge in [0, 0.05) is 11.3 Å². The summed E-state index contributed by atoms with van der Waals surface area (Å²) in [5.74, 6) is 0.479. The largest absolute Gasteiger partial charge is 0.373 e. The number of hydrogen-bond acceptors (Lipinski definition) is 2. The van der Waals surface area contributed by atoms with Gasteiger partial charge in [-0.1, -0.05) is 41.5 Å². The van der Waals surface area contributed by atoms with E-state index < -0.39 is 0 Å². The van der Waals surface area contributed by atoms with Crippen LogP contribution in [0.1, 0.15) is 48.0 Å². The molecule has 88 valence electrons. The second kappa shape index (κ2) is 3.89. The minimum absolute atomic E-state index is 0.119. The summed E-state index contributed by atoms with van der Waals surface area (Å²) in [4.78, 5) is 12.0. The fourth-order valence-corrected chi connectivity index (χ4v) is 2.62. The first kappa shape index (κ1) is 12.7. The minimum Gasteiger partial charge on any atom is -0.373 e. The van der Waals surface area contributed by atoms with E-state index in [1.54, 1.807) is 0 Å². The highest BCUT2D eigenvalue weighted by molar-refractivity contribution is 5.85. The highest BCUT2D eigenvalue weighted by Crippen LogP contribution is 2.43. The summed E-state index contributed by atoms with van der Waals surface area (Å²) in [6, 6.07) is 0. The van der Waals surface area contributed by atoms with Crippen molar-refractivity contribution in [3.05, 3.63) is 0 Å². The van der Waals surface area contributed by atoms with Gasteiger partial charge in [-0.15, -0.1) is 0 Å². The van der Waals surface area contributed by atoms with Crippen LogP contribution in [-0.2, 0) is 9.53 Å². The molecule has 0 bridgehead atoms. The van der Waals surface area contributed by atoms with Gasteiger partial charge >= 0.3 is 0 Å². The molecule has 0 spiro atoms. The van der Waals surface area contributed by atoms with Crippen LogP contribution in [0, 0.1) is 16.7 Å². The van der Waals surface area contributed by atoms with Crippen LogP contribution >= 0.6 is 0 Å². The number of Topliss-reactive ketones (excluding diaryl/α,β-unsaturated/α-hetero) is 1. The molecule has 0 aromatic carbocycles. The Hall–Kier alpha value is -0.370. The van der Waals surface area contributed by atoms with E-state index in [1.807, 2.05) is 13.8 Å². The standard InChI is InChI=1S/C13H24O2/c1-9(2)11(14)13(5,6)8-12(3,4)10-7-15-10/h9-10H,7-8H2,1-6H3. The number of epoxide rings is 1. The normalized spacial score (nSPS) is 21.9. The molecule has 0 saturated carbocycles. The lowest BCUT2D eigenvalue weighted by molar-refractivity contribution is -0.132. The van der Waals surface area contributed by atoms with E-state index in [0.717, 1.165) is 13.0 Å². The predicted octanol–water partition coefficient (Wildman–Crippen LogP) is 3.05. The van der Waals surface area contributed by atoms with Crippen molar-refractivity contribution in [3.63, 3.8) is 0 Å². The van der Waals surface area contributed by atoms with Gasteiger partial charge < -0.3 is 4.74 Å². The maximum absolute atomic E-state index is 12.0. The van der Waals surface area contributed by atoms with Crippen molar-refractivity contribution in [2.24, 2.45) is 16.7 Å². The van der Waals surface area contributed by atoms with Crippen molar-refractivity contribution in [3.8, 4) is 0 Å². The summed E-state index contributed by atoms with van der Waals surface area (Å²) in [5, 5.41) is 0. The van der Waals surface area contributed by atoms with E-state index in [0.29, 0.717) is 11.9 Å². The molecule has 2 nitrogen and oxygen atoms in total. The smallest absolute Gasteiger partial charge is 0.141 e. The van der Waals surface area contributed by atoms with Gasteiger partial charge in [0.25, 0.3) is 0 Å². The third-order valence-corrected chi connectivity index (χ3v) is 3.29. The van der Waals surface area contributed by atoms with Crippen LogP contribution in [-0.4, -0.2) is 18.5 Å². The van der Waals surface area contributed by atoms with Crippen molar-refractivity contribution in [2.45, 2.75) is 54.1 Å². The molecule has 1 heterocycles. The van der Waals surface area contributed by atoms with Crippen LogP contribution in [0.15, 0.2) is 0 Å². The zero-order valence-corrected chi connectivity index (χ0v) is 10.9. The van der Waals surface area contributed by atoms with E-state index in [-0.39, 0.29) is 16.7 Å². The summed E-state index contributed by atoms with van der Waals surface area (Å²) < 4.78 is 5.35. The molecule has 0 aromatic rings. The molecule has 2 heteroatoms. The van der Waals surface area contributed by atoms with Crippen LogP contribution in [0.4, 0.5) is 0 Å². The van der Waals surface area contributed by atoms with Gasteiger partial charge in [-0.05, 0) is 11.8 Å². The Balaban J connectivity index is 2.66. The maximum Gasteiger partial charge on any atom is 0.141 e. The molecule has 1 unspecified atom stereocenters. The average molecular weight is 212 g/mol. The second-order valence-corrected chi connectivity index (χ2v) is 6.39. The third-order valence-electron chi connectivity index (χ3n) is 3.29. The molecule has 1 rings (SSSR count). The highest BCUT2D eigenvalue weighted by atomic mass is 16.6. The molecular formula is C13H24O2. The molecule has 15 heavy (non-hydrogen) atoms. The van der Waals surface area contributed by atoms with Gasteiger partial charge in [-0.25, -0.2) is 0 Å². The summed E-state index contributed by atoms with van der Waals surface area (Å²) >= 11 is 0. The van der Waals surface area contributed by atoms with Gasteiger partial charge in [0.1, 0.15) is 5.78 Å². The van der Waals surface area contributed by atoms with Crippen molar-refractivity contribution >= 4 is 5.78 Å². The Morgan fingerprint density at radius 2 is 1.80 bits per heavy atom. The maximum atomic E-state index is 12.0. The van der Waals surface area contributed by atoms with Gasteiger partial charge in [0.2, 0.25) is 0 Å². The summed E-state index contributed by atoms with van der Waals surface area (Å²) in [5.41, 5.74) is -0.113. The van der Waals surface area contributed by atoms with Gasteiger partial charge in [-0.2, -0.15) is 0 Å². The lowest BCUT2D eigenvalue weighted by atomic mass is 9.69. The van der Waals surface area contributed by atoms with Crippen LogP contribution in [0.2, 0.25) is 0 Å². The average Bonchev–Trinajstić information content (AvgIpc) is 2.82. The van der Waals surface area contributed by atoms with Gasteiger partial charge in [0.05, 0.1) is 12.7 Å². The molecule has 1 aliphatic rings. The van der Waals surface area contributed by atoms with Crippen LogP contribution in [0.5, 0.6) is 0 Å². The van der Waals surface area contributed by atoms with Gasteiger partial charge in [-0.3, -0.25) is 4.79 Å². The Morgan fingerprint density at radius 3 is 2.13 bits per heavy atom. The Kier molecular flexibility index (Phi) is 3.30. The Morgan fingerprint density at radius 1 is 1.33 bits per heavy atom. The van der Waals surface area contributed by atoms with Crippen LogP contribution in [0.25, 0.3) is 0 Å². The zero-order valence-electron chi connectivity index (χ0n) is 10.9. The van der Waals surface area contributed by atoms with E-state index in [4.69, 9.17) is 4.74 Å². The summed E-state index contributed by atoms with van der Waals surface area (Å²) in [6.45, 7) is 13.3. The quantitative estimate of drug-likeness (QED) is 0.655. The summed E-state index contributed by atoms with van der Waals surface area (Å²) in [6.07, 6.45) is 1.26. The van der Waals surface area contributed by atoms with Crippen molar-refractivity contribution in [1.29, 1.82) is 0 Å². The number of ether oxygens (including phenoxy) is 1. The molecule has 1 fully saturated rings. The van der Waals surface area contributed by atoms with E-state index in [1.165, 1.54) is 0 Å². The number of carbonyl (C=O) groups excluding carboxylic acids is 1. The monoisotopic (exact) mass is 212 g/mol. The molecule has 0 amide bonds. The molecule has 0 N–H and O–H groups in total. The highest BCUT2D eigenvalue weighted by Gasteiger charge is 2.44. The first-order valence-electron chi connectivity index (χ1n) is 5.83. The van der Waals surface area contributed by atoms with Crippen molar-refractivity contribution < 1.29 is 9.53 Å². The second-order valence-electron chi connectivity index (χ2n) is 6.39. The Labute approximate surface area is 93.4 Å². The number of ketones is 1. The fraction of sp³-hybridized carbons (Fsp3) is 0.923.